The number of alkyl halides is 1. The zero-order chi connectivity index (χ0) is 9.78. The molecule has 13 heavy (non-hydrogen) atoms. The van der Waals surface area contributed by atoms with Gasteiger partial charge in [0.25, 0.3) is 0 Å². The summed E-state index contributed by atoms with van der Waals surface area (Å²) in [6.45, 7) is 3.72. The molecule has 0 aromatic heterocycles. The Morgan fingerprint density at radius 1 is 1.46 bits per heavy atom. The molecule has 0 spiro atoms. The molecule has 0 heterocycles. The third kappa shape index (κ3) is 5.20. The molecule has 6 heteroatoms. The second-order valence-corrected chi connectivity index (χ2v) is 4.01. The molecule has 0 atom stereocenters. The van der Waals surface area contributed by atoms with Crippen LogP contribution in [0, 0.1) is 0 Å². The minimum atomic E-state index is -0.814. The van der Waals surface area contributed by atoms with Gasteiger partial charge in [-0.15, -0.1) is 0 Å². The van der Waals surface area contributed by atoms with E-state index < -0.39 is 10.4 Å². The van der Waals surface area contributed by atoms with Gasteiger partial charge in [0.2, 0.25) is 5.91 Å². The first-order valence-electron chi connectivity index (χ1n) is 3.76. The zero-order valence-corrected chi connectivity index (χ0v) is 11.7. The molecule has 3 N–H and O–H groups in total. The molecule has 0 unspecified atom stereocenters. The zero-order valence-electron chi connectivity index (χ0n) is 9.89. The van der Waals surface area contributed by atoms with Gasteiger partial charge in [0.05, 0.1) is 0 Å². The topological polar surface area (TPSA) is 72.2 Å². The fourth-order valence-electron chi connectivity index (χ4n) is 0.795. The van der Waals surface area contributed by atoms with E-state index in [1.807, 2.05) is 19.2 Å². The van der Waals surface area contributed by atoms with E-state index in [9.17, 15) is 9.59 Å². The summed E-state index contributed by atoms with van der Waals surface area (Å²) in [5.74, 6) is -0.375. The van der Waals surface area contributed by atoms with Crippen molar-refractivity contribution in [3.63, 3.8) is 0 Å². The average molecular weight is 279 g/mol. The molecular formula is C7H15BrCaN2O2. The molecule has 0 rings (SSSR count). The van der Waals surface area contributed by atoms with E-state index in [4.69, 9.17) is 5.73 Å². The number of primary amides is 1. The van der Waals surface area contributed by atoms with Crippen molar-refractivity contribution in [2.24, 2.45) is 5.73 Å². The molecule has 0 fully saturated rings. The van der Waals surface area contributed by atoms with Gasteiger partial charge in [-0.05, 0) is 12.8 Å². The van der Waals surface area contributed by atoms with Crippen LogP contribution >= 0.6 is 15.9 Å². The Bertz CT molecular complexity index is 203. The minimum absolute atomic E-state index is 0. The van der Waals surface area contributed by atoms with Crippen molar-refractivity contribution in [3.8, 4) is 0 Å². The van der Waals surface area contributed by atoms with Gasteiger partial charge in [0, 0.05) is 0 Å². The van der Waals surface area contributed by atoms with Crippen LogP contribution in [0.4, 0.5) is 4.79 Å². The molecule has 0 saturated carbocycles. The van der Waals surface area contributed by atoms with Crippen LogP contribution < -0.4 is 11.1 Å². The number of carbonyl (C=O) groups is 2. The minimum Gasteiger partial charge on any atom is -1.00 e. The first-order valence-corrected chi connectivity index (χ1v) is 4.55. The summed E-state index contributed by atoms with van der Waals surface area (Å²) in [6, 6.07) is -0.814. The normalized spacial score (nSPS) is 10.1. The van der Waals surface area contributed by atoms with Crippen LogP contribution in [0.3, 0.4) is 0 Å². The Hall–Kier alpha value is 0.680. The Kier molecular flexibility index (Phi) is 8.73. The summed E-state index contributed by atoms with van der Waals surface area (Å²) < 4.78 is -0.665. The predicted octanol–water partition coefficient (Wildman–Crippen LogP) is 0.979. The maximum Gasteiger partial charge on any atom is 2.00 e. The van der Waals surface area contributed by atoms with E-state index in [0.29, 0.717) is 12.8 Å². The maximum atomic E-state index is 11.3. The fraction of sp³-hybridized carbons (Fsp3) is 0.714. The summed E-state index contributed by atoms with van der Waals surface area (Å²) in [7, 11) is 0. The fourth-order valence-corrected chi connectivity index (χ4v) is 0.894. The van der Waals surface area contributed by atoms with Crippen molar-refractivity contribution in [3.05, 3.63) is 0 Å². The molecule has 0 bridgehead atoms. The van der Waals surface area contributed by atoms with E-state index >= 15 is 0 Å². The number of hydrogen-bond acceptors (Lipinski definition) is 2. The van der Waals surface area contributed by atoms with E-state index in [2.05, 4.69) is 15.9 Å². The molecule has 3 amide bonds. The van der Waals surface area contributed by atoms with Crippen LogP contribution in [0.25, 0.3) is 0 Å². The number of nitrogens with one attached hydrogen (secondary N) is 1. The van der Waals surface area contributed by atoms with E-state index in [-0.39, 0.29) is 46.5 Å². The molecule has 0 aliphatic carbocycles. The third-order valence-corrected chi connectivity index (χ3v) is 3.25. The largest absolute Gasteiger partial charge is 2.00 e. The Morgan fingerprint density at radius 3 is 2.08 bits per heavy atom. The standard InChI is InChI=1S/C7H13BrN2O2.Ca.2H/c1-3-7(8,4-2)5(11)10-6(9)12;;;/h3-4H2,1-2H3,(H3,9,10,11,12);;;/q;+2;2*-1. The number of nitrogens with two attached hydrogens (primary N) is 1. The Morgan fingerprint density at radius 2 is 1.85 bits per heavy atom. The first kappa shape index (κ1) is 16.1. The molecule has 4 nitrogen and oxygen atoms in total. The summed E-state index contributed by atoms with van der Waals surface area (Å²) in [6.07, 6.45) is 1.23. The van der Waals surface area contributed by atoms with Gasteiger partial charge in [0.1, 0.15) is 4.32 Å². The van der Waals surface area contributed by atoms with Crippen molar-refractivity contribution in [2.45, 2.75) is 31.0 Å². The number of rotatable bonds is 3. The number of halogens is 1. The number of amides is 3. The van der Waals surface area contributed by atoms with E-state index in [0.717, 1.165) is 0 Å². The summed E-state index contributed by atoms with van der Waals surface area (Å²) in [4.78, 5) is 21.6. The average Bonchev–Trinajstić information content (AvgIpc) is 2.02. The van der Waals surface area contributed by atoms with Crippen molar-refractivity contribution in [1.29, 1.82) is 0 Å². The number of urea groups is 1. The van der Waals surface area contributed by atoms with Gasteiger partial charge in [-0.25, -0.2) is 4.79 Å². The number of hydrogen-bond donors (Lipinski definition) is 2. The quantitative estimate of drug-likeness (QED) is 0.597. The predicted molar refractivity (Wildman–Crippen MR) is 57.9 cm³/mol. The molecule has 0 aromatic carbocycles. The second-order valence-electron chi connectivity index (χ2n) is 2.49. The van der Waals surface area contributed by atoms with Gasteiger partial charge in [0.15, 0.2) is 0 Å². The van der Waals surface area contributed by atoms with E-state index in [1.165, 1.54) is 0 Å². The van der Waals surface area contributed by atoms with Crippen LogP contribution in [0.1, 0.15) is 29.5 Å². The SMILES string of the molecule is CCC(Br)(CC)C(=O)NC(N)=O.[Ca+2].[H-].[H-]. The smallest absolute Gasteiger partial charge is 1.00 e. The molecule has 74 valence electrons. The maximum absolute atomic E-state index is 11.3. The summed E-state index contributed by atoms with van der Waals surface area (Å²) in [5, 5.41) is 2.04. The molecule has 0 aromatic rings. The van der Waals surface area contributed by atoms with Gasteiger partial charge >= 0.3 is 43.8 Å². The molecule has 0 saturated heterocycles. The number of carbonyl (C=O) groups excluding carboxylic acids is 2. The molecular weight excluding hydrogens is 264 g/mol. The van der Waals surface area contributed by atoms with Gasteiger partial charge < -0.3 is 8.59 Å². The van der Waals surface area contributed by atoms with Gasteiger partial charge in [-0.1, -0.05) is 29.8 Å². The Labute approximate surface area is 119 Å². The van der Waals surface area contributed by atoms with Gasteiger partial charge in [-0.2, -0.15) is 0 Å². The van der Waals surface area contributed by atoms with Crippen LogP contribution in [0.5, 0.6) is 0 Å². The summed E-state index contributed by atoms with van der Waals surface area (Å²) in [5.41, 5.74) is 4.81. The third-order valence-electron chi connectivity index (χ3n) is 1.76. The Balaban J connectivity index is -0.000000202. The second kappa shape index (κ2) is 7.04. The molecule has 0 aliphatic rings. The molecule has 0 aliphatic heterocycles. The molecule has 0 radical (unpaired) electrons. The van der Waals surface area contributed by atoms with Crippen LogP contribution in [-0.4, -0.2) is 54.0 Å². The van der Waals surface area contributed by atoms with Crippen molar-refractivity contribution >= 4 is 65.6 Å². The first-order chi connectivity index (χ1) is 5.46. The van der Waals surface area contributed by atoms with Crippen LogP contribution in [0.15, 0.2) is 0 Å². The van der Waals surface area contributed by atoms with Crippen molar-refractivity contribution < 1.29 is 12.4 Å². The summed E-state index contributed by atoms with van der Waals surface area (Å²) >= 11 is 3.26. The van der Waals surface area contributed by atoms with Crippen LogP contribution in [0.2, 0.25) is 0 Å². The van der Waals surface area contributed by atoms with Crippen LogP contribution in [-0.2, 0) is 4.79 Å². The van der Waals surface area contributed by atoms with Crippen molar-refractivity contribution in [2.75, 3.05) is 0 Å². The monoisotopic (exact) mass is 278 g/mol. The number of imide groups is 1. The van der Waals surface area contributed by atoms with Crippen molar-refractivity contribution in [1.82, 2.24) is 5.32 Å². The van der Waals surface area contributed by atoms with E-state index in [1.54, 1.807) is 0 Å². The van der Waals surface area contributed by atoms with Gasteiger partial charge in [-0.3, -0.25) is 10.1 Å².